The Balaban J connectivity index is 1.92. The lowest BCUT2D eigenvalue weighted by atomic mass is 10.1. The predicted molar refractivity (Wildman–Crippen MR) is 84.7 cm³/mol. The van der Waals surface area contributed by atoms with Gasteiger partial charge in [0, 0.05) is 10.5 Å². The number of benzene rings is 2. The van der Waals surface area contributed by atoms with Gasteiger partial charge in [-0.3, -0.25) is 4.79 Å². The monoisotopic (exact) mass is 344 g/mol. The molecule has 0 saturated heterocycles. The molecule has 2 aromatic rings. The van der Waals surface area contributed by atoms with Gasteiger partial charge in [0.2, 0.25) is 5.78 Å². The fraction of sp³-hybridized carbons (Fsp3) is 0.118. The highest BCUT2D eigenvalue weighted by molar-refractivity contribution is 9.10. The molecule has 1 heterocycles. The molecular formula is C17H13BrO3. The SMILES string of the molecule is CCOc1ccc2c(c1)O/C(=C\c1cccc(Br)c1)C2=O. The second-order valence-electron chi connectivity index (χ2n) is 4.59. The molecule has 0 saturated carbocycles. The van der Waals surface area contributed by atoms with E-state index in [0.29, 0.717) is 29.4 Å². The van der Waals surface area contributed by atoms with Crippen molar-refractivity contribution in [3.63, 3.8) is 0 Å². The van der Waals surface area contributed by atoms with Crippen molar-refractivity contribution in [1.82, 2.24) is 0 Å². The molecule has 21 heavy (non-hydrogen) atoms. The predicted octanol–water partition coefficient (Wildman–Crippen LogP) is 4.46. The third-order valence-corrected chi connectivity index (χ3v) is 3.59. The first-order chi connectivity index (χ1) is 10.2. The molecule has 0 bridgehead atoms. The standard InChI is InChI=1S/C17H13BrO3/c1-2-20-13-6-7-14-15(10-13)21-16(17(14)19)9-11-4-3-5-12(18)8-11/h3-10H,2H2,1H3/b16-9-. The van der Waals surface area contributed by atoms with Crippen LogP contribution in [0.4, 0.5) is 0 Å². The number of hydrogen-bond donors (Lipinski definition) is 0. The summed E-state index contributed by atoms with van der Waals surface area (Å²) in [5, 5.41) is 0. The minimum absolute atomic E-state index is 0.104. The Morgan fingerprint density at radius 3 is 2.86 bits per heavy atom. The van der Waals surface area contributed by atoms with Crippen LogP contribution < -0.4 is 9.47 Å². The van der Waals surface area contributed by atoms with E-state index in [1.807, 2.05) is 31.2 Å². The minimum atomic E-state index is -0.104. The third kappa shape index (κ3) is 2.85. The maximum Gasteiger partial charge on any atom is 0.231 e. The van der Waals surface area contributed by atoms with Crippen LogP contribution in [0.25, 0.3) is 6.08 Å². The van der Waals surface area contributed by atoms with Crippen LogP contribution in [-0.4, -0.2) is 12.4 Å². The summed E-state index contributed by atoms with van der Waals surface area (Å²) >= 11 is 3.41. The van der Waals surface area contributed by atoms with Crippen LogP contribution in [0.5, 0.6) is 11.5 Å². The Bertz CT molecular complexity index is 735. The first-order valence-electron chi connectivity index (χ1n) is 6.64. The van der Waals surface area contributed by atoms with Gasteiger partial charge in [-0.25, -0.2) is 0 Å². The van der Waals surface area contributed by atoms with Gasteiger partial charge in [-0.05, 0) is 42.8 Å². The van der Waals surface area contributed by atoms with Gasteiger partial charge in [0.25, 0.3) is 0 Å². The lowest BCUT2D eigenvalue weighted by Crippen LogP contribution is -1.97. The second-order valence-corrected chi connectivity index (χ2v) is 5.50. The van der Waals surface area contributed by atoms with Gasteiger partial charge < -0.3 is 9.47 Å². The molecule has 4 heteroatoms. The van der Waals surface area contributed by atoms with Crippen LogP contribution in [0.15, 0.2) is 52.7 Å². The molecule has 1 aliphatic heterocycles. The molecule has 0 fully saturated rings. The van der Waals surface area contributed by atoms with Crippen molar-refractivity contribution in [2.24, 2.45) is 0 Å². The zero-order chi connectivity index (χ0) is 14.8. The minimum Gasteiger partial charge on any atom is -0.494 e. The fourth-order valence-corrected chi connectivity index (χ4v) is 2.59. The van der Waals surface area contributed by atoms with E-state index in [1.54, 1.807) is 24.3 Å². The highest BCUT2D eigenvalue weighted by atomic mass is 79.9. The number of carbonyl (C=O) groups excluding carboxylic acids is 1. The van der Waals surface area contributed by atoms with Crippen LogP contribution in [0.3, 0.4) is 0 Å². The molecule has 0 N–H and O–H groups in total. The van der Waals surface area contributed by atoms with E-state index in [-0.39, 0.29) is 5.78 Å². The van der Waals surface area contributed by atoms with E-state index >= 15 is 0 Å². The number of halogens is 1. The largest absolute Gasteiger partial charge is 0.494 e. The van der Waals surface area contributed by atoms with Crippen molar-refractivity contribution in [3.8, 4) is 11.5 Å². The number of ether oxygens (including phenoxy) is 2. The highest BCUT2D eigenvalue weighted by Crippen LogP contribution is 2.35. The van der Waals surface area contributed by atoms with E-state index in [0.717, 1.165) is 10.0 Å². The molecule has 0 amide bonds. The average molecular weight is 345 g/mol. The van der Waals surface area contributed by atoms with E-state index < -0.39 is 0 Å². The van der Waals surface area contributed by atoms with Gasteiger partial charge >= 0.3 is 0 Å². The van der Waals surface area contributed by atoms with Crippen molar-refractivity contribution in [1.29, 1.82) is 0 Å². The molecule has 0 aromatic heterocycles. The molecule has 1 aliphatic rings. The van der Waals surface area contributed by atoms with Crippen molar-refractivity contribution < 1.29 is 14.3 Å². The summed E-state index contributed by atoms with van der Waals surface area (Å²) in [7, 11) is 0. The topological polar surface area (TPSA) is 35.5 Å². The van der Waals surface area contributed by atoms with Gasteiger partial charge in [0.05, 0.1) is 12.2 Å². The molecule has 0 atom stereocenters. The third-order valence-electron chi connectivity index (χ3n) is 3.10. The molecule has 0 spiro atoms. The summed E-state index contributed by atoms with van der Waals surface area (Å²) in [5.41, 5.74) is 1.48. The smallest absolute Gasteiger partial charge is 0.231 e. The zero-order valence-electron chi connectivity index (χ0n) is 11.4. The Morgan fingerprint density at radius 2 is 2.10 bits per heavy atom. The number of Topliss-reactive ketones (excluding diaryl/α,β-unsaturated/α-hetero) is 1. The zero-order valence-corrected chi connectivity index (χ0v) is 13.0. The molecular weight excluding hydrogens is 332 g/mol. The highest BCUT2D eigenvalue weighted by Gasteiger charge is 2.27. The Labute approximate surface area is 131 Å². The van der Waals surface area contributed by atoms with Crippen LogP contribution in [0.2, 0.25) is 0 Å². The molecule has 3 nitrogen and oxygen atoms in total. The van der Waals surface area contributed by atoms with E-state index in [1.165, 1.54) is 0 Å². The maximum absolute atomic E-state index is 12.3. The fourth-order valence-electron chi connectivity index (χ4n) is 2.17. The Morgan fingerprint density at radius 1 is 1.24 bits per heavy atom. The maximum atomic E-state index is 12.3. The number of carbonyl (C=O) groups is 1. The number of ketones is 1. The number of hydrogen-bond acceptors (Lipinski definition) is 3. The summed E-state index contributed by atoms with van der Waals surface area (Å²) in [6, 6.07) is 13.0. The molecule has 0 unspecified atom stereocenters. The number of allylic oxidation sites excluding steroid dienone is 1. The quantitative estimate of drug-likeness (QED) is 0.771. The summed E-state index contributed by atoms with van der Waals surface area (Å²) in [4.78, 5) is 12.3. The van der Waals surface area contributed by atoms with Crippen LogP contribution in [0.1, 0.15) is 22.8 Å². The van der Waals surface area contributed by atoms with Gasteiger partial charge in [-0.2, -0.15) is 0 Å². The Hall–Kier alpha value is -2.07. The first-order valence-corrected chi connectivity index (χ1v) is 7.43. The molecule has 0 aliphatic carbocycles. The van der Waals surface area contributed by atoms with E-state index in [9.17, 15) is 4.79 Å². The van der Waals surface area contributed by atoms with Gasteiger partial charge in [0.15, 0.2) is 5.76 Å². The van der Waals surface area contributed by atoms with E-state index in [4.69, 9.17) is 9.47 Å². The normalized spacial score (nSPS) is 15.0. The average Bonchev–Trinajstić information content (AvgIpc) is 2.75. The van der Waals surface area contributed by atoms with Crippen molar-refractivity contribution in [3.05, 3.63) is 63.8 Å². The Kier molecular flexibility index (Phi) is 3.80. The van der Waals surface area contributed by atoms with Gasteiger partial charge in [-0.1, -0.05) is 28.1 Å². The number of rotatable bonds is 3. The van der Waals surface area contributed by atoms with Gasteiger partial charge in [-0.15, -0.1) is 0 Å². The van der Waals surface area contributed by atoms with Crippen LogP contribution in [-0.2, 0) is 0 Å². The van der Waals surface area contributed by atoms with Gasteiger partial charge in [0.1, 0.15) is 11.5 Å². The van der Waals surface area contributed by atoms with Crippen LogP contribution >= 0.6 is 15.9 Å². The van der Waals surface area contributed by atoms with Crippen LogP contribution in [0, 0.1) is 0 Å². The molecule has 3 rings (SSSR count). The summed E-state index contributed by atoms with van der Waals surface area (Å²) < 4.78 is 12.0. The lowest BCUT2D eigenvalue weighted by molar-refractivity contribution is 0.101. The number of fused-ring (bicyclic) bond motifs is 1. The summed E-state index contributed by atoms with van der Waals surface area (Å²) in [6.07, 6.45) is 1.74. The summed E-state index contributed by atoms with van der Waals surface area (Å²) in [5.74, 6) is 1.48. The molecule has 0 radical (unpaired) electrons. The van der Waals surface area contributed by atoms with Crippen molar-refractivity contribution in [2.75, 3.05) is 6.61 Å². The van der Waals surface area contributed by atoms with E-state index in [2.05, 4.69) is 15.9 Å². The van der Waals surface area contributed by atoms with Crippen molar-refractivity contribution >= 4 is 27.8 Å². The summed E-state index contributed by atoms with van der Waals surface area (Å²) in [6.45, 7) is 2.49. The molecule has 2 aromatic carbocycles. The lowest BCUT2D eigenvalue weighted by Gasteiger charge is -2.03. The second kappa shape index (κ2) is 5.74. The first kappa shape index (κ1) is 13.9. The van der Waals surface area contributed by atoms with Crippen molar-refractivity contribution in [2.45, 2.75) is 6.92 Å². The molecule has 106 valence electrons.